The highest BCUT2D eigenvalue weighted by molar-refractivity contribution is 7.00. The number of hydrogen-bond acceptors (Lipinski definition) is 3. The first kappa shape index (κ1) is 58.0. The van der Waals surface area contributed by atoms with Gasteiger partial charge < -0.3 is 19.3 Å². The number of hydrogen-bond donors (Lipinski definition) is 0. The smallest absolute Gasteiger partial charge is 0.252 e. The molecule has 0 atom stereocenters. The third-order valence-corrected chi connectivity index (χ3v) is 21.1. The van der Waals surface area contributed by atoms with Crippen molar-refractivity contribution in [2.24, 2.45) is 0 Å². The molecule has 101 heavy (non-hydrogen) atoms. The molecule has 0 bridgehead atoms. The Bertz CT molecular complexity index is 6140. The molecular weight excluding hydrogens is 1220 g/mol. The number of rotatable bonds is 11. The number of para-hydroxylation sites is 6. The Morgan fingerprint density at radius 3 is 1.10 bits per heavy atom. The minimum atomic E-state index is -0.231. The second-order valence-corrected chi connectivity index (χ2v) is 26.6. The summed E-state index contributed by atoms with van der Waals surface area (Å²) in [5.41, 5.74) is 28.6. The molecule has 20 rings (SSSR count). The molecule has 0 amide bonds. The topological polar surface area (TPSA) is 14.7 Å². The summed E-state index contributed by atoms with van der Waals surface area (Å²) in [4.78, 5) is 7.66. The highest BCUT2D eigenvalue weighted by atomic mass is 15.2. The Kier molecular flexibility index (Phi) is 13.7. The van der Waals surface area contributed by atoms with E-state index in [4.69, 9.17) is 0 Å². The molecule has 2 aliphatic rings. The van der Waals surface area contributed by atoms with Crippen LogP contribution in [0.15, 0.2) is 382 Å². The van der Waals surface area contributed by atoms with E-state index >= 15 is 0 Å². The quantitative estimate of drug-likeness (QED) is 0.0947. The first-order valence-corrected chi connectivity index (χ1v) is 34.9. The number of benzene rings is 17. The van der Waals surface area contributed by atoms with Gasteiger partial charge in [-0.05, 0) is 172 Å². The second-order valence-electron chi connectivity index (χ2n) is 26.6. The van der Waals surface area contributed by atoms with Gasteiger partial charge in [-0.25, -0.2) is 0 Å². The molecule has 0 unspecified atom stereocenters. The summed E-state index contributed by atoms with van der Waals surface area (Å²) >= 11 is 0. The Morgan fingerprint density at radius 1 is 0.218 bits per heavy atom. The molecule has 0 spiro atoms. The van der Waals surface area contributed by atoms with Crippen LogP contribution in [0.1, 0.15) is 0 Å². The molecule has 470 valence electrons. The lowest BCUT2D eigenvalue weighted by atomic mass is 9.33. The van der Waals surface area contributed by atoms with Crippen LogP contribution >= 0.6 is 0 Å². The van der Waals surface area contributed by atoms with Gasteiger partial charge in [-0.2, -0.15) is 0 Å². The Morgan fingerprint density at radius 2 is 0.594 bits per heavy atom. The van der Waals surface area contributed by atoms with E-state index in [0.29, 0.717) is 0 Å². The number of aromatic nitrogens is 1. The summed E-state index contributed by atoms with van der Waals surface area (Å²) in [7, 11) is 0. The third kappa shape index (κ3) is 9.32. The Hall–Kier alpha value is -13.2. The minimum absolute atomic E-state index is 0.231. The lowest BCUT2D eigenvalue weighted by Crippen LogP contribution is -2.61. The van der Waals surface area contributed by atoms with Crippen molar-refractivity contribution >= 4 is 128 Å². The van der Waals surface area contributed by atoms with Crippen LogP contribution in [-0.2, 0) is 0 Å². The highest BCUT2D eigenvalue weighted by Gasteiger charge is 2.45. The molecule has 0 saturated carbocycles. The van der Waals surface area contributed by atoms with E-state index in [0.717, 1.165) is 95.7 Å². The van der Waals surface area contributed by atoms with Crippen molar-refractivity contribution in [3.05, 3.63) is 382 Å². The van der Waals surface area contributed by atoms with Crippen LogP contribution in [0, 0.1) is 0 Å². The molecule has 18 aromatic rings. The van der Waals surface area contributed by atoms with Gasteiger partial charge in [0, 0.05) is 61.7 Å². The van der Waals surface area contributed by atoms with Gasteiger partial charge in [0.15, 0.2) is 0 Å². The van der Waals surface area contributed by atoms with Crippen LogP contribution in [0.3, 0.4) is 0 Å². The summed E-state index contributed by atoms with van der Waals surface area (Å²) in [6, 6.07) is 142. The van der Waals surface area contributed by atoms with Crippen molar-refractivity contribution in [2.75, 3.05) is 14.7 Å². The van der Waals surface area contributed by atoms with Crippen molar-refractivity contribution in [1.29, 1.82) is 0 Å². The molecule has 0 radical (unpaired) electrons. The van der Waals surface area contributed by atoms with E-state index in [2.05, 4.69) is 401 Å². The summed E-state index contributed by atoms with van der Waals surface area (Å²) < 4.78 is 2.52. The highest BCUT2D eigenvalue weighted by Crippen LogP contribution is 2.53. The molecule has 2 aliphatic heterocycles. The molecule has 4 nitrogen and oxygen atoms in total. The van der Waals surface area contributed by atoms with E-state index in [1.807, 2.05) is 0 Å². The van der Waals surface area contributed by atoms with Gasteiger partial charge in [-0.3, -0.25) is 0 Å². The maximum atomic E-state index is 2.64. The second kappa shape index (κ2) is 23.8. The number of anilines is 9. The first-order chi connectivity index (χ1) is 50.2. The summed E-state index contributed by atoms with van der Waals surface area (Å²) in [5, 5.41) is 9.70. The van der Waals surface area contributed by atoms with Crippen LogP contribution in [0.25, 0.3) is 115 Å². The fourth-order valence-corrected chi connectivity index (χ4v) is 16.9. The van der Waals surface area contributed by atoms with E-state index in [1.54, 1.807) is 0 Å². The van der Waals surface area contributed by atoms with E-state index in [9.17, 15) is 0 Å². The zero-order valence-electron chi connectivity index (χ0n) is 55.2. The Labute approximate surface area is 587 Å². The monoisotopic (exact) mass is 1280 g/mol. The van der Waals surface area contributed by atoms with Crippen LogP contribution in [0.5, 0.6) is 0 Å². The van der Waals surface area contributed by atoms with Gasteiger partial charge >= 0.3 is 0 Å². The summed E-state index contributed by atoms with van der Waals surface area (Å²) in [6.45, 7) is -0.231. The number of nitrogens with zero attached hydrogens (tertiary/aromatic N) is 4. The predicted molar refractivity (Wildman–Crippen MR) is 429 cm³/mol. The molecule has 0 N–H and O–H groups in total. The van der Waals surface area contributed by atoms with Crippen molar-refractivity contribution in [3.63, 3.8) is 0 Å². The summed E-state index contributed by atoms with van der Waals surface area (Å²) in [6.07, 6.45) is 0. The standard InChI is InChI=1S/C96H63BN4/c1-6-30-64(31-7-1)72-56-57-83(76-43-17-16-42-75(72)76)95-81-48-20-18-46-79(81)94(80-47-19-21-49-82(80)95)67-54-58-84-90(60-67)100(86-50-26-22-40-73(86)65-32-8-2-9-33-65)92-62-71(99-88-52-28-24-44-77(88)78-45-25-29-53-89(78)99)63-93-96(92)97(84)85-59-55-70(98(68-36-12-4-13-37-68)69-38-14-5-15-39-69)61-91(85)101(93)87-51-27-23-41-74(87)66-34-10-3-11-35-66/h1-63H. The van der Waals surface area contributed by atoms with Crippen molar-refractivity contribution in [1.82, 2.24) is 4.57 Å². The molecule has 0 saturated heterocycles. The van der Waals surface area contributed by atoms with Crippen LogP contribution in [-0.4, -0.2) is 11.3 Å². The van der Waals surface area contributed by atoms with Crippen LogP contribution < -0.4 is 31.1 Å². The van der Waals surface area contributed by atoms with Crippen molar-refractivity contribution < 1.29 is 0 Å². The summed E-state index contributed by atoms with van der Waals surface area (Å²) in [5.74, 6) is 0. The third-order valence-electron chi connectivity index (χ3n) is 21.1. The fourth-order valence-electron chi connectivity index (χ4n) is 16.9. The molecule has 1 aromatic heterocycles. The first-order valence-electron chi connectivity index (χ1n) is 34.9. The molecule has 5 heteroatoms. The maximum Gasteiger partial charge on any atom is 0.252 e. The molecular formula is C96H63BN4. The Balaban J connectivity index is 0.908. The van der Waals surface area contributed by atoms with Gasteiger partial charge in [-0.15, -0.1) is 0 Å². The SMILES string of the molecule is c1ccc(-c2ccccc2N2c3cc(-c4c5ccccc5c(-c5ccc(-c6ccccc6)c6ccccc56)c5ccccc45)ccc3B3c4ccc(N(c5ccccc5)c5ccccc5)cc4N(c4ccccc4-c4ccccc4)c4cc(-n5c6ccccc6c6ccccc65)cc2c43)cc1. The van der Waals surface area contributed by atoms with Crippen LogP contribution in [0.4, 0.5) is 51.2 Å². The largest absolute Gasteiger partial charge is 0.311 e. The van der Waals surface area contributed by atoms with Gasteiger partial charge in [0.1, 0.15) is 0 Å². The predicted octanol–water partition coefficient (Wildman–Crippen LogP) is 24.1. The van der Waals surface area contributed by atoms with Gasteiger partial charge in [0.25, 0.3) is 6.71 Å². The van der Waals surface area contributed by atoms with E-state index in [-0.39, 0.29) is 6.71 Å². The minimum Gasteiger partial charge on any atom is -0.311 e. The van der Waals surface area contributed by atoms with Gasteiger partial charge in [0.2, 0.25) is 0 Å². The zero-order valence-corrected chi connectivity index (χ0v) is 55.2. The normalized spacial score (nSPS) is 12.3. The van der Waals surface area contributed by atoms with E-state index in [1.165, 1.54) is 87.3 Å². The molecule has 0 aliphatic carbocycles. The molecule has 0 fully saturated rings. The fraction of sp³-hybridized carbons (Fsp3) is 0. The van der Waals surface area contributed by atoms with Gasteiger partial charge in [-0.1, -0.05) is 303 Å². The van der Waals surface area contributed by atoms with E-state index < -0.39 is 0 Å². The van der Waals surface area contributed by atoms with Gasteiger partial charge in [0.05, 0.1) is 28.1 Å². The van der Waals surface area contributed by atoms with Crippen molar-refractivity contribution in [2.45, 2.75) is 0 Å². The average Bonchev–Trinajstić information content (AvgIpc) is 1.06. The molecule has 17 aromatic carbocycles. The number of fused-ring (bicyclic) bond motifs is 10. The maximum absolute atomic E-state index is 2.64. The van der Waals surface area contributed by atoms with Crippen LogP contribution in [0.2, 0.25) is 0 Å². The lowest BCUT2D eigenvalue weighted by molar-refractivity contribution is 1.16. The van der Waals surface area contributed by atoms with Crippen molar-refractivity contribution in [3.8, 4) is 61.3 Å². The lowest BCUT2D eigenvalue weighted by Gasteiger charge is -2.45. The molecule has 3 heterocycles. The zero-order chi connectivity index (χ0) is 66.5. The average molecular weight is 1280 g/mol.